The zero-order chi connectivity index (χ0) is 29.6. The summed E-state index contributed by atoms with van der Waals surface area (Å²) in [5.74, 6) is 0.117. The van der Waals surface area contributed by atoms with Gasteiger partial charge in [0.05, 0.1) is 37.7 Å². The first-order valence-corrected chi connectivity index (χ1v) is 11.9. The molecule has 3 aromatic heterocycles. The molecule has 1 aromatic carbocycles. The molecule has 0 spiro atoms. The highest BCUT2D eigenvalue weighted by atomic mass is 32.1. The molecule has 4 rings (SSSR count). The molecule has 196 valence electrons. The lowest BCUT2D eigenvalue weighted by molar-refractivity contribution is -0.119. The minimum absolute atomic E-state index is 0.131. The van der Waals surface area contributed by atoms with Gasteiger partial charge in [-0.3, -0.25) is 9.59 Å². The topological polar surface area (TPSA) is 165 Å². The van der Waals surface area contributed by atoms with Gasteiger partial charge in [0, 0.05) is 41.2 Å². The van der Waals surface area contributed by atoms with Crippen molar-refractivity contribution in [2.75, 3.05) is 31.8 Å². The maximum absolute atomic E-state index is 12.8. The van der Waals surface area contributed by atoms with Crippen molar-refractivity contribution in [2.24, 2.45) is 0 Å². The first-order valence-electron chi connectivity index (χ1n) is 12.5. The molecule has 2 amide bonds. The van der Waals surface area contributed by atoms with Gasteiger partial charge < -0.3 is 30.7 Å². The van der Waals surface area contributed by atoms with Gasteiger partial charge in [-0.25, -0.2) is 4.98 Å². The van der Waals surface area contributed by atoms with Crippen LogP contribution in [0.4, 0.5) is 23.0 Å². The van der Waals surface area contributed by atoms with Crippen molar-refractivity contribution < 1.29 is 23.2 Å². The third-order valence-corrected chi connectivity index (χ3v) is 6.04. The number of hydrogen-bond acceptors (Lipinski definition) is 12. The molecule has 0 fully saturated rings. The molecule has 38 heavy (non-hydrogen) atoms. The number of aromatic nitrogens is 5. The summed E-state index contributed by atoms with van der Waals surface area (Å²) in [5, 5.41) is 27.2. The van der Waals surface area contributed by atoms with E-state index >= 15 is 0 Å². The highest BCUT2D eigenvalue weighted by Gasteiger charge is 2.19. The van der Waals surface area contributed by atoms with E-state index in [4.69, 9.17) is 13.6 Å². The summed E-state index contributed by atoms with van der Waals surface area (Å²) in [4.78, 5) is 29.4. The van der Waals surface area contributed by atoms with Crippen LogP contribution in [0.15, 0.2) is 42.6 Å². The summed E-state index contributed by atoms with van der Waals surface area (Å²) >= 11 is 1.38. The molecule has 13 nitrogen and oxygen atoms in total. The molecule has 0 aliphatic rings. The van der Waals surface area contributed by atoms with Gasteiger partial charge in [0.2, 0.25) is 11.8 Å². The third-order valence-electron chi connectivity index (χ3n) is 5.01. The lowest BCUT2D eigenvalue weighted by Crippen LogP contribution is -2.21. The van der Waals surface area contributed by atoms with Crippen LogP contribution in [0.2, 0.25) is 0 Å². The third kappa shape index (κ3) is 6.10. The Labute approximate surface area is 226 Å². The van der Waals surface area contributed by atoms with Crippen LogP contribution < -0.4 is 30.7 Å². The Bertz CT molecular complexity index is 1550. The summed E-state index contributed by atoms with van der Waals surface area (Å²) in [6.45, 7) is -0.971. The highest BCUT2D eigenvalue weighted by Crippen LogP contribution is 2.40. The predicted octanol–water partition coefficient (Wildman–Crippen LogP) is 2.89. The van der Waals surface area contributed by atoms with E-state index in [0.29, 0.717) is 40.3 Å². The number of benzene rings is 1. The minimum atomic E-state index is -2.75. The van der Waals surface area contributed by atoms with Crippen LogP contribution in [0.5, 0.6) is 11.6 Å². The molecule has 3 heterocycles. The number of carbonyl (C=O) groups is 2. The van der Waals surface area contributed by atoms with Crippen LogP contribution in [-0.2, 0) is 11.3 Å². The fraction of sp³-hybridized carbons (Fsp3) is 0.208. The number of amides is 2. The van der Waals surface area contributed by atoms with Gasteiger partial charge >= 0.3 is 0 Å². The van der Waals surface area contributed by atoms with E-state index in [0.717, 1.165) is 4.88 Å². The average Bonchev–Trinajstić information content (AvgIpc) is 3.40. The maximum Gasteiger partial charge on any atom is 0.273 e. The number of rotatable bonds is 10. The van der Waals surface area contributed by atoms with E-state index in [1.807, 2.05) is 11.4 Å². The van der Waals surface area contributed by atoms with Crippen molar-refractivity contribution in [2.45, 2.75) is 13.5 Å². The molecule has 0 saturated carbocycles. The van der Waals surface area contributed by atoms with Crippen LogP contribution in [0.3, 0.4) is 0 Å². The number of nitrogens with one attached hydrogen (secondary N) is 4. The molecule has 4 aromatic rings. The molecule has 0 atom stereocenters. The number of carbonyl (C=O) groups excluding carboxylic acids is 2. The molecular weight excluding hydrogens is 510 g/mol. The first kappa shape index (κ1) is 22.4. The van der Waals surface area contributed by atoms with Gasteiger partial charge in [0.1, 0.15) is 5.01 Å². The van der Waals surface area contributed by atoms with Crippen LogP contribution >= 0.6 is 11.3 Å². The standard InChI is InChI=1S/C24H25N9O4S/c1-13(34)26-11-14-12-27-24(38-14)15-6-5-7-16(22(15)37-4)28-17-10-19(31-33-21(17)23(35)25-2)29-18-8-9-20(36-3)32-30-18/h5-10,12H,11H2,1-4H3,(H,25,35)(H,26,34)(H2,28,29,30,31)/i2D3. The van der Waals surface area contributed by atoms with E-state index in [1.165, 1.54) is 38.5 Å². The Morgan fingerprint density at radius 1 is 1.00 bits per heavy atom. The number of anilines is 4. The second kappa shape index (κ2) is 11.9. The number of hydrogen-bond donors (Lipinski definition) is 4. The minimum Gasteiger partial charge on any atom is -0.494 e. The van der Waals surface area contributed by atoms with Gasteiger partial charge in [-0.05, 0) is 18.2 Å². The van der Waals surface area contributed by atoms with Crippen molar-refractivity contribution in [3.63, 3.8) is 0 Å². The van der Waals surface area contributed by atoms with Crippen molar-refractivity contribution in [1.82, 2.24) is 36.0 Å². The fourth-order valence-corrected chi connectivity index (χ4v) is 4.17. The van der Waals surface area contributed by atoms with Crippen molar-refractivity contribution in [3.05, 3.63) is 53.2 Å². The van der Waals surface area contributed by atoms with Crippen LogP contribution in [0, 0.1) is 0 Å². The molecule has 0 aliphatic carbocycles. The summed E-state index contributed by atoms with van der Waals surface area (Å²) in [6.07, 6.45) is 1.67. The fourth-order valence-electron chi connectivity index (χ4n) is 3.30. The zero-order valence-electron chi connectivity index (χ0n) is 23.5. The number of nitrogens with zero attached hydrogens (tertiary/aromatic N) is 5. The lowest BCUT2D eigenvalue weighted by Gasteiger charge is -2.16. The largest absolute Gasteiger partial charge is 0.494 e. The molecular formula is C24H25N9O4S. The number of methoxy groups -OCH3 is 2. The zero-order valence-corrected chi connectivity index (χ0v) is 21.3. The van der Waals surface area contributed by atoms with Crippen molar-refractivity contribution in [3.8, 4) is 22.2 Å². The Hall–Kier alpha value is -4.85. The van der Waals surface area contributed by atoms with E-state index in [-0.39, 0.29) is 23.1 Å². The summed E-state index contributed by atoms with van der Waals surface area (Å²) in [5.41, 5.74) is 0.951. The molecule has 0 bridgehead atoms. The van der Waals surface area contributed by atoms with Crippen LogP contribution in [0.1, 0.15) is 26.4 Å². The van der Waals surface area contributed by atoms with Gasteiger partial charge in [0.15, 0.2) is 23.1 Å². The number of thiazole rings is 1. The Morgan fingerprint density at radius 2 is 1.84 bits per heavy atom. The smallest absolute Gasteiger partial charge is 0.273 e. The summed E-state index contributed by atoms with van der Waals surface area (Å²) in [6, 6.07) is 9.95. The molecule has 0 saturated heterocycles. The van der Waals surface area contributed by atoms with Crippen molar-refractivity contribution in [1.29, 1.82) is 0 Å². The van der Waals surface area contributed by atoms with Gasteiger partial charge in [-0.2, -0.15) is 0 Å². The molecule has 4 N–H and O–H groups in total. The van der Waals surface area contributed by atoms with Gasteiger partial charge in [-0.1, -0.05) is 6.07 Å². The summed E-state index contributed by atoms with van der Waals surface area (Å²) in [7, 11) is 2.95. The molecule has 0 aliphatic heterocycles. The second-order valence-corrected chi connectivity index (χ2v) is 8.70. The SMILES string of the molecule is [2H]C([2H])([2H])NC(=O)c1nnc(Nc2ccc(OC)nn2)cc1Nc1cccc(-c2ncc(CNC(C)=O)s2)c1OC. The first-order chi connectivity index (χ1) is 19.6. The van der Waals surface area contributed by atoms with E-state index in [1.54, 1.807) is 30.5 Å². The predicted molar refractivity (Wildman–Crippen MR) is 142 cm³/mol. The molecule has 14 heteroatoms. The molecule has 0 unspecified atom stereocenters. The van der Waals surface area contributed by atoms with Gasteiger partial charge in [-0.15, -0.1) is 31.7 Å². The Balaban J connectivity index is 1.69. The highest BCUT2D eigenvalue weighted by molar-refractivity contribution is 7.15. The van der Waals surface area contributed by atoms with Gasteiger partial charge in [0.25, 0.3) is 5.91 Å². The molecule has 0 radical (unpaired) electrons. The Morgan fingerprint density at radius 3 is 2.55 bits per heavy atom. The van der Waals surface area contributed by atoms with E-state index in [2.05, 4.69) is 41.3 Å². The number of ether oxygens (including phenoxy) is 2. The average molecular weight is 539 g/mol. The second-order valence-electron chi connectivity index (χ2n) is 7.58. The summed E-state index contributed by atoms with van der Waals surface area (Å²) < 4.78 is 33.0. The lowest BCUT2D eigenvalue weighted by atomic mass is 10.1. The quantitative estimate of drug-likeness (QED) is 0.234. The normalized spacial score (nSPS) is 11.9. The van der Waals surface area contributed by atoms with E-state index in [9.17, 15) is 9.59 Å². The van der Waals surface area contributed by atoms with E-state index < -0.39 is 12.9 Å². The van der Waals surface area contributed by atoms with Crippen molar-refractivity contribution >= 4 is 46.2 Å². The maximum atomic E-state index is 12.8. The Kier molecular flexibility index (Phi) is 7.01. The van der Waals surface area contributed by atoms with Crippen LogP contribution in [0.25, 0.3) is 10.6 Å². The monoisotopic (exact) mass is 538 g/mol. The number of para-hydroxylation sites is 1. The van der Waals surface area contributed by atoms with Crippen LogP contribution in [-0.4, -0.2) is 58.4 Å².